The number of aromatic nitrogens is 1. The van der Waals surface area contributed by atoms with Gasteiger partial charge in [0.2, 0.25) is 0 Å². The Bertz CT molecular complexity index is 483. The lowest BCUT2D eigenvalue weighted by Gasteiger charge is -2.50. The number of nitrogens with one attached hydrogen (secondary N) is 1. The minimum Gasteiger partial charge on any atom is -1.00 e. The van der Waals surface area contributed by atoms with E-state index < -0.39 is 0 Å². The van der Waals surface area contributed by atoms with Crippen LogP contribution in [0.15, 0.2) is 10.6 Å². The fourth-order valence-corrected chi connectivity index (χ4v) is 3.38. The Morgan fingerprint density at radius 1 is 1.55 bits per heavy atom. The zero-order valence-corrected chi connectivity index (χ0v) is 13.1. The van der Waals surface area contributed by atoms with Crippen LogP contribution in [0.1, 0.15) is 18.6 Å². The molecule has 1 aromatic rings. The number of hydrogen-bond donors (Lipinski definition) is 2. The van der Waals surface area contributed by atoms with Crippen LogP contribution in [0.25, 0.3) is 0 Å². The number of halogens is 1. The van der Waals surface area contributed by atoms with Crippen LogP contribution < -0.4 is 22.3 Å². The number of fused-ring (bicyclic) bond motifs is 3. The van der Waals surface area contributed by atoms with Gasteiger partial charge in [0, 0.05) is 24.8 Å². The maximum absolute atomic E-state index is 12.1. The molecule has 7 heteroatoms. The van der Waals surface area contributed by atoms with Gasteiger partial charge in [-0.3, -0.25) is 4.79 Å². The molecule has 3 aliphatic heterocycles. The molecule has 1 unspecified atom stereocenters. The number of nitrogens with zero attached hydrogens (tertiary/aromatic N) is 2. The summed E-state index contributed by atoms with van der Waals surface area (Å²) in [5.41, 5.74) is 0. The number of aliphatic hydroxyl groups excluding tert-OH is 1. The predicted octanol–water partition coefficient (Wildman–Crippen LogP) is -2.47. The first-order valence-corrected chi connectivity index (χ1v) is 6.83. The molecule has 2 bridgehead atoms. The molecule has 1 atom stereocenters. The second kappa shape index (κ2) is 5.83. The van der Waals surface area contributed by atoms with Crippen LogP contribution >= 0.6 is 0 Å². The molecule has 3 saturated heterocycles. The first-order chi connectivity index (χ1) is 9.06. The molecule has 1 aromatic heterocycles. The van der Waals surface area contributed by atoms with Crippen LogP contribution in [-0.4, -0.2) is 52.9 Å². The average Bonchev–Trinajstić information content (AvgIpc) is 2.74. The third kappa shape index (κ3) is 3.05. The molecule has 6 nitrogen and oxygen atoms in total. The molecule has 0 saturated carbocycles. The van der Waals surface area contributed by atoms with Gasteiger partial charge < -0.3 is 36.4 Å². The summed E-state index contributed by atoms with van der Waals surface area (Å²) >= 11 is 0. The van der Waals surface area contributed by atoms with Crippen LogP contribution in [0.4, 0.5) is 5.82 Å². The van der Waals surface area contributed by atoms with Crippen molar-refractivity contribution in [3.8, 4) is 0 Å². The molecule has 0 aliphatic carbocycles. The van der Waals surface area contributed by atoms with Crippen molar-refractivity contribution in [1.82, 2.24) is 5.16 Å². The van der Waals surface area contributed by atoms with Crippen molar-refractivity contribution in [2.45, 2.75) is 25.9 Å². The molecule has 2 N–H and O–H groups in total. The number of quaternary nitrogens is 1. The Hall–Kier alpha value is -0.920. The summed E-state index contributed by atoms with van der Waals surface area (Å²) in [4.78, 5) is 12.1. The Morgan fingerprint density at radius 3 is 2.80 bits per heavy atom. The van der Waals surface area contributed by atoms with Gasteiger partial charge in [-0.2, -0.15) is 0 Å². The molecule has 0 spiro atoms. The lowest BCUT2D eigenvalue weighted by atomic mass is 9.83. The highest BCUT2D eigenvalue weighted by molar-refractivity contribution is 5.90. The molecule has 1 amide bonds. The number of amides is 1. The molecule has 0 aromatic carbocycles. The Labute approximate surface area is 128 Å². The molecule has 0 radical (unpaired) electrons. The second-order valence-electron chi connectivity index (χ2n) is 5.91. The smallest absolute Gasteiger partial charge is 0.280 e. The van der Waals surface area contributed by atoms with Crippen molar-refractivity contribution in [2.75, 3.05) is 31.5 Å². The molecule has 3 fully saturated rings. The maximum Gasteiger partial charge on any atom is 0.280 e. The van der Waals surface area contributed by atoms with E-state index in [-0.39, 0.29) is 29.0 Å². The Morgan fingerprint density at radius 2 is 2.25 bits per heavy atom. The lowest BCUT2D eigenvalue weighted by molar-refractivity contribution is -0.939. The fraction of sp³-hybridized carbons (Fsp3) is 0.692. The molecule has 4 rings (SSSR count). The van der Waals surface area contributed by atoms with Gasteiger partial charge in [0.25, 0.3) is 5.91 Å². The van der Waals surface area contributed by atoms with E-state index in [1.807, 2.05) is 0 Å². The van der Waals surface area contributed by atoms with Gasteiger partial charge in [-0.15, -0.1) is 0 Å². The van der Waals surface area contributed by atoms with Crippen LogP contribution in [0, 0.1) is 12.8 Å². The third-order valence-corrected chi connectivity index (χ3v) is 4.44. The second-order valence-corrected chi connectivity index (χ2v) is 5.91. The molecule has 4 heterocycles. The van der Waals surface area contributed by atoms with E-state index in [2.05, 4.69) is 10.5 Å². The predicted molar refractivity (Wildman–Crippen MR) is 68.3 cm³/mol. The minimum absolute atomic E-state index is 0. The van der Waals surface area contributed by atoms with Crippen LogP contribution in [0.2, 0.25) is 0 Å². The van der Waals surface area contributed by atoms with E-state index in [1.54, 1.807) is 13.0 Å². The van der Waals surface area contributed by atoms with Gasteiger partial charge in [0.15, 0.2) is 12.4 Å². The van der Waals surface area contributed by atoms with E-state index in [1.165, 1.54) is 0 Å². The molecular formula is C13H20BrN3O3. The molecule has 20 heavy (non-hydrogen) atoms. The SMILES string of the molecule is Cc1cc(NC(=O)C[N+]23CCC(CC2)C(O)C3)no1.[Br-]. The number of rotatable bonds is 3. The molecule has 112 valence electrons. The summed E-state index contributed by atoms with van der Waals surface area (Å²) in [5, 5.41) is 16.5. The van der Waals surface area contributed by atoms with Gasteiger partial charge in [-0.25, -0.2) is 0 Å². The van der Waals surface area contributed by atoms with Crippen molar-refractivity contribution < 1.29 is 35.9 Å². The van der Waals surface area contributed by atoms with Crippen molar-refractivity contribution in [3.63, 3.8) is 0 Å². The van der Waals surface area contributed by atoms with E-state index in [4.69, 9.17) is 4.52 Å². The van der Waals surface area contributed by atoms with Gasteiger partial charge in [0.05, 0.1) is 13.1 Å². The van der Waals surface area contributed by atoms with Crippen molar-refractivity contribution in [3.05, 3.63) is 11.8 Å². The van der Waals surface area contributed by atoms with E-state index >= 15 is 0 Å². The third-order valence-electron chi connectivity index (χ3n) is 4.44. The lowest BCUT2D eigenvalue weighted by Crippen LogP contribution is -3.00. The normalized spacial score (nSPS) is 31.7. The van der Waals surface area contributed by atoms with E-state index in [0.717, 1.165) is 25.9 Å². The average molecular weight is 346 g/mol. The van der Waals surface area contributed by atoms with Crippen LogP contribution in [0.3, 0.4) is 0 Å². The number of anilines is 1. The van der Waals surface area contributed by atoms with Gasteiger partial charge in [-0.1, -0.05) is 5.16 Å². The van der Waals surface area contributed by atoms with Crippen molar-refractivity contribution in [2.24, 2.45) is 5.92 Å². The van der Waals surface area contributed by atoms with E-state index in [9.17, 15) is 9.90 Å². The van der Waals surface area contributed by atoms with Crippen molar-refractivity contribution in [1.29, 1.82) is 0 Å². The first-order valence-electron chi connectivity index (χ1n) is 6.83. The largest absolute Gasteiger partial charge is 1.00 e. The van der Waals surface area contributed by atoms with E-state index in [0.29, 0.717) is 35.1 Å². The highest BCUT2D eigenvalue weighted by atomic mass is 79.9. The van der Waals surface area contributed by atoms with Gasteiger partial charge >= 0.3 is 0 Å². The first kappa shape index (κ1) is 15.5. The zero-order chi connectivity index (χ0) is 13.5. The van der Waals surface area contributed by atoms with Crippen LogP contribution in [-0.2, 0) is 4.79 Å². The summed E-state index contributed by atoms with van der Waals surface area (Å²) in [6, 6.07) is 1.70. The number of aliphatic hydroxyl groups is 1. The van der Waals surface area contributed by atoms with Gasteiger partial charge in [-0.05, 0) is 6.92 Å². The van der Waals surface area contributed by atoms with Crippen LogP contribution in [0.5, 0.6) is 0 Å². The summed E-state index contributed by atoms with van der Waals surface area (Å²) in [6.07, 6.45) is 1.80. The minimum atomic E-state index is -0.246. The Balaban J connectivity index is 0.00000147. The standard InChI is InChI=1S/C13H19N3O3.BrH/c1-9-6-12(15-19-9)14-13(18)8-16-4-2-10(3-5-16)11(17)7-16;/h6,10-11,17H,2-5,7-8H2,1H3;1H. The highest BCUT2D eigenvalue weighted by Crippen LogP contribution is 2.33. The van der Waals surface area contributed by atoms with Gasteiger partial charge in [0.1, 0.15) is 18.4 Å². The molecule has 3 aliphatic rings. The number of piperidine rings is 3. The molecular weight excluding hydrogens is 326 g/mol. The maximum atomic E-state index is 12.1. The quantitative estimate of drug-likeness (QED) is 0.595. The number of hydrogen-bond acceptors (Lipinski definition) is 4. The summed E-state index contributed by atoms with van der Waals surface area (Å²) in [6.45, 7) is 4.89. The summed E-state index contributed by atoms with van der Waals surface area (Å²) in [7, 11) is 0. The monoisotopic (exact) mass is 345 g/mol. The summed E-state index contributed by atoms with van der Waals surface area (Å²) < 4.78 is 5.63. The number of aryl methyl sites for hydroxylation is 1. The Kier molecular flexibility index (Phi) is 4.51. The fourth-order valence-electron chi connectivity index (χ4n) is 3.38. The number of carbonyl (C=O) groups excluding carboxylic acids is 1. The highest BCUT2D eigenvalue weighted by Gasteiger charge is 2.46. The summed E-state index contributed by atoms with van der Waals surface area (Å²) in [5.74, 6) is 1.53. The van der Waals surface area contributed by atoms with Crippen molar-refractivity contribution >= 4 is 11.7 Å². The zero-order valence-electron chi connectivity index (χ0n) is 11.5. The number of carbonyl (C=O) groups is 1. The topological polar surface area (TPSA) is 75.4 Å².